The number of rotatable bonds is 7. The zero-order valence-corrected chi connectivity index (χ0v) is 10.3. The third-order valence-corrected chi connectivity index (χ3v) is 3.39. The molecule has 0 radical (unpaired) electrons. The van der Waals surface area contributed by atoms with E-state index in [2.05, 4.69) is 5.32 Å². The topological polar surface area (TPSA) is 58.6 Å². The fourth-order valence-electron chi connectivity index (χ4n) is 1.27. The van der Waals surface area contributed by atoms with Gasteiger partial charge in [0.2, 0.25) is 0 Å². The first kappa shape index (κ1) is 13.2. The van der Waals surface area contributed by atoms with Gasteiger partial charge in [-0.3, -0.25) is 10.1 Å². The molecule has 0 saturated carbocycles. The van der Waals surface area contributed by atoms with E-state index in [1.54, 1.807) is 25.4 Å². The van der Waals surface area contributed by atoms with Gasteiger partial charge < -0.3 is 9.84 Å². The number of carbonyl (C=O) groups is 1. The Morgan fingerprint density at radius 3 is 2.94 bits per heavy atom. The van der Waals surface area contributed by atoms with Crippen LogP contribution in [0.3, 0.4) is 0 Å². The smallest absolute Gasteiger partial charge is 0.323 e. The van der Waals surface area contributed by atoms with Gasteiger partial charge in [-0.15, -0.1) is 11.3 Å². The van der Waals surface area contributed by atoms with Crippen molar-refractivity contribution in [1.29, 1.82) is 0 Å². The molecule has 0 aliphatic rings. The summed E-state index contributed by atoms with van der Waals surface area (Å²) in [6.45, 7) is 2.69. The number of hydrogen-bond donors (Lipinski definition) is 2. The van der Waals surface area contributed by atoms with Crippen molar-refractivity contribution in [1.82, 2.24) is 5.32 Å². The lowest BCUT2D eigenvalue weighted by molar-refractivity contribution is -0.145. The van der Waals surface area contributed by atoms with E-state index in [0.717, 1.165) is 4.88 Å². The molecule has 0 fully saturated rings. The van der Waals surface area contributed by atoms with Crippen molar-refractivity contribution in [2.45, 2.75) is 25.4 Å². The number of carboxylic acid groups (broad SMARTS) is 1. The summed E-state index contributed by atoms with van der Waals surface area (Å²) in [7, 11) is 1.57. The zero-order valence-electron chi connectivity index (χ0n) is 9.53. The van der Waals surface area contributed by atoms with Gasteiger partial charge in [0.15, 0.2) is 0 Å². The average molecular weight is 243 g/mol. The molecule has 90 valence electrons. The summed E-state index contributed by atoms with van der Waals surface area (Å²) in [6.07, 6.45) is 0.449. The third-order valence-electron chi connectivity index (χ3n) is 2.51. The minimum Gasteiger partial charge on any atom is -0.480 e. The fourth-order valence-corrected chi connectivity index (χ4v) is 1.92. The van der Waals surface area contributed by atoms with Crippen LogP contribution in [0, 0.1) is 0 Å². The summed E-state index contributed by atoms with van der Waals surface area (Å²) in [6, 6.07) is 3.94. The SMILES string of the molecule is COCCC(C)(NCc1cccs1)C(=O)O. The molecule has 4 nitrogen and oxygen atoms in total. The molecule has 1 rings (SSSR count). The van der Waals surface area contributed by atoms with Gasteiger partial charge in [-0.2, -0.15) is 0 Å². The summed E-state index contributed by atoms with van der Waals surface area (Å²) in [4.78, 5) is 12.3. The van der Waals surface area contributed by atoms with Gasteiger partial charge in [0.05, 0.1) is 0 Å². The number of hydrogen-bond acceptors (Lipinski definition) is 4. The van der Waals surface area contributed by atoms with Crippen LogP contribution in [0.25, 0.3) is 0 Å². The Bertz CT molecular complexity index is 326. The highest BCUT2D eigenvalue weighted by Crippen LogP contribution is 2.14. The highest BCUT2D eigenvalue weighted by atomic mass is 32.1. The lowest BCUT2D eigenvalue weighted by Crippen LogP contribution is -2.49. The first-order valence-corrected chi connectivity index (χ1v) is 5.96. The van der Waals surface area contributed by atoms with E-state index in [4.69, 9.17) is 4.74 Å². The molecule has 16 heavy (non-hydrogen) atoms. The molecule has 0 aromatic carbocycles. The third kappa shape index (κ3) is 3.59. The molecule has 1 aromatic rings. The highest BCUT2D eigenvalue weighted by molar-refractivity contribution is 7.09. The number of methoxy groups -OCH3 is 1. The molecule has 1 aromatic heterocycles. The number of carboxylic acids is 1. The average Bonchev–Trinajstić information content (AvgIpc) is 2.76. The van der Waals surface area contributed by atoms with Crippen molar-refractivity contribution in [2.75, 3.05) is 13.7 Å². The van der Waals surface area contributed by atoms with E-state index >= 15 is 0 Å². The Labute approximate surface area is 99.2 Å². The summed E-state index contributed by atoms with van der Waals surface area (Å²) >= 11 is 1.61. The normalized spacial score (nSPS) is 14.6. The van der Waals surface area contributed by atoms with Gasteiger partial charge in [-0.25, -0.2) is 0 Å². The maximum atomic E-state index is 11.2. The van der Waals surface area contributed by atoms with Crippen LogP contribution < -0.4 is 5.32 Å². The second-order valence-electron chi connectivity index (χ2n) is 3.81. The molecule has 2 N–H and O–H groups in total. The molecule has 5 heteroatoms. The van der Waals surface area contributed by atoms with Crippen LogP contribution in [0.5, 0.6) is 0 Å². The van der Waals surface area contributed by atoms with Gasteiger partial charge in [0.1, 0.15) is 5.54 Å². The molecular formula is C11H17NO3S. The molecule has 0 saturated heterocycles. The molecule has 0 aliphatic heterocycles. The van der Waals surface area contributed by atoms with E-state index < -0.39 is 11.5 Å². The maximum absolute atomic E-state index is 11.2. The number of aliphatic carboxylic acids is 1. The van der Waals surface area contributed by atoms with Gasteiger partial charge in [-0.05, 0) is 24.8 Å². The number of nitrogens with one attached hydrogen (secondary N) is 1. The van der Waals surface area contributed by atoms with Crippen molar-refractivity contribution in [3.63, 3.8) is 0 Å². The van der Waals surface area contributed by atoms with Crippen LogP contribution in [0.15, 0.2) is 17.5 Å². The molecule has 1 unspecified atom stereocenters. The second kappa shape index (κ2) is 5.98. The minimum absolute atomic E-state index is 0.431. The molecular weight excluding hydrogens is 226 g/mol. The van der Waals surface area contributed by atoms with Crippen molar-refractivity contribution in [2.24, 2.45) is 0 Å². The highest BCUT2D eigenvalue weighted by Gasteiger charge is 2.31. The first-order chi connectivity index (χ1) is 7.58. The lowest BCUT2D eigenvalue weighted by atomic mass is 9.98. The van der Waals surface area contributed by atoms with E-state index in [0.29, 0.717) is 19.6 Å². The van der Waals surface area contributed by atoms with Gasteiger partial charge >= 0.3 is 5.97 Å². The largest absolute Gasteiger partial charge is 0.480 e. The molecule has 1 atom stereocenters. The number of ether oxygens (including phenoxy) is 1. The van der Waals surface area contributed by atoms with Gasteiger partial charge in [0.25, 0.3) is 0 Å². The standard InChI is InChI=1S/C11H17NO3S/c1-11(10(13)14,5-6-15-2)12-8-9-4-3-7-16-9/h3-4,7,12H,5-6,8H2,1-2H3,(H,13,14). The molecule has 0 amide bonds. The Hall–Kier alpha value is -0.910. The zero-order chi connectivity index (χ0) is 12.0. The van der Waals surface area contributed by atoms with E-state index in [9.17, 15) is 9.90 Å². The van der Waals surface area contributed by atoms with Gasteiger partial charge in [0, 0.05) is 25.1 Å². The quantitative estimate of drug-likeness (QED) is 0.765. The van der Waals surface area contributed by atoms with Crippen molar-refractivity contribution in [3.05, 3.63) is 22.4 Å². The Morgan fingerprint density at radius 2 is 2.44 bits per heavy atom. The van der Waals surface area contributed by atoms with Crippen LogP contribution in [-0.2, 0) is 16.1 Å². The Kier molecular flexibility index (Phi) is 4.92. The molecule has 0 bridgehead atoms. The van der Waals surface area contributed by atoms with Crippen molar-refractivity contribution in [3.8, 4) is 0 Å². The maximum Gasteiger partial charge on any atom is 0.323 e. The summed E-state index contributed by atoms with van der Waals surface area (Å²) in [5.74, 6) is -0.846. The summed E-state index contributed by atoms with van der Waals surface area (Å²) in [5.41, 5.74) is -0.931. The summed E-state index contributed by atoms with van der Waals surface area (Å²) < 4.78 is 4.92. The second-order valence-corrected chi connectivity index (χ2v) is 4.85. The van der Waals surface area contributed by atoms with Crippen LogP contribution in [-0.4, -0.2) is 30.3 Å². The predicted molar refractivity (Wildman–Crippen MR) is 63.7 cm³/mol. The Balaban J connectivity index is 2.53. The molecule has 0 aliphatic carbocycles. The van der Waals surface area contributed by atoms with E-state index in [-0.39, 0.29) is 0 Å². The molecule has 0 spiro atoms. The number of thiophene rings is 1. The van der Waals surface area contributed by atoms with Crippen molar-refractivity contribution < 1.29 is 14.6 Å². The minimum atomic E-state index is -0.931. The van der Waals surface area contributed by atoms with Crippen LogP contribution in [0.4, 0.5) is 0 Å². The van der Waals surface area contributed by atoms with Crippen LogP contribution >= 0.6 is 11.3 Å². The lowest BCUT2D eigenvalue weighted by Gasteiger charge is -2.25. The fraction of sp³-hybridized carbons (Fsp3) is 0.545. The van der Waals surface area contributed by atoms with E-state index in [1.807, 2.05) is 17.5 Å². The van der Waals surface area contributed by atoms with Crippen LogP contribution in [0.2, 0.25) is 0 Å². The van der Waals surface area contributed by atoms with E-state index in [1.165, 1.54) is 0 Å². The first-order valence-electron chi connectivity index (χ1n) is 5.08. The van der Waals surface area contributed by atoms with Gasteiger partial charge in [-0.1, -0.05) is 6.07 Å². The monoisotopic (exact) mass is 243 g/mol. The Morgan fingerprint density at radius 1 is 1.69 bits per heavy atom. The summed E-state index contributed by atoms with van der Waals surface area (Å²) in [5, 5.41) is 14.2. The van der Waals surface area contributed by atoms with Crippen LogP contribution in [0.1, 0.15) is 18.2 Å². The predicted octanol–water partition coefficient (Wildman–Crippen LogP) is 1.72. The van der Waals surface area contributed by atoms with Crippen molar-refractivity contribution >= 4 is 17.3 Å². The molecule has 1 heterocycles.